The molecule has 0 bridgehead atoms. The zero-order valence-electron chi connectivity index (χ0n) is 16.3. The first kappa shape index (κ1) is 22.4. The molecule has 0 amide bonds. The molecule has 0 saturated carbocycles. The highest BCUT2D eigenvalue weighted by Crippen LogP contribution is 2.35. The van der Waals surface area contributed by atoms with Crippen LogP contribution in [0.4, 0.5) is 0 Å². The molecule has 1 aromatic rings. The van der Waals surface area contributed by atoms with E-state index in [-0.39, 0.29) is 42.7 Å². The van der Waals surface area contributed by atoms with Gasteiger partial charge in [-0.2, -0.15) is 0 Å². The number of esters is 1. The van der Waals surface area contributed by atoms with Gasteiger partial charge in [0, 0.05) is 25.7 Å². The summed E-state index contributed by atoms with van der Waals surface area (Å²) in [7, 11) is 1.44. The molecule has 1 fully saturated rings. The van der Waals surface area contributed by atoms with Crippen molar-refractivity contribution in [3.63, 3.8) is 0 Å². The second-order valence-electron chi connectivity index (χ2n) is 6.38. The maximum atomic E-state index is 11.7. The van der Waals surface area contributed by atoms with E-state index in [9.17, 15) is 4.79 Å². The molecule has 2 heterocycles. The SMILES string of the molecule is CCNC(=NCCOc1ccc2c(c1)OCO2)N1CCC(C(=O)OC)CC1.I. The van der Waals surface area contributed by atoms with Gasteiger partial charge in [-0.3, -0.25) is 4.79 Å². The molecular formula is C19H28IN3O5. The van der Waals surface area contributed by atoms with Crippen molar-refractivity contribution in [2.75, 3.05) is 46.7 Å². The zero-order valence-corrected chi connectivity index (χ0v) is 18.6. The van der Waals surface area contributed by atoms with Crippen molar-refractivity contribution >= 4 is 35.9 Å². The molecule has 28 heavy (non-hydrogen) atoms. The minimum Gasteiger partial charge on any atom is -0.492 e. The number of aliphatic imine (C=N–C) groups is 1. The van der Waals surface area contributed by atoms with Crippen molar-refractivity contribution in [1.29, 1.82) is 0 Å². The third kappa shape index (κ3) is 5.79. The molecule has 1 saturated heterocycles. The number of likely N-dealkylation sites (tertiary alicyclic amines) is 1. The average molecular weight is 505 g/mol. The Bertz CT molecular complexity index is 678. The van der Waals surface area contributed by atoms with Gasteiger partial charge in [-0.25, -0.2) is 4.99 Å². The number of benzene rings is 1. The molecule has 0 radical (unpaired) electrons. The number of halogens is 1. The largest absolute Gasteiger partial charge is 0.492 e. The number of rotatable bonds is 6. The lowest BCUT2D eigenvalue weighted by molar-refractivity contribution is -0.146. The fourth-order valence-electron chi connectivity index (χ4n) is 3.20. The number of guanidine groups is 1. The van der Waals surface area contributed by atoms with E-state index < -0.39 is 0 Å². The summed E-state index contributed by atoms with van der Waals surface area (Å²) in [6, 6.07) is 5.53. The van der Waals surface area contributed by atoms with Gasteiger partial charge in [0.2, 0.25) is 6.79 Å². The first-order valence-electron chi connectivity index (χ1n) is 9.34. The molecule has 1 N–H and O–H groups in total. The number of carbonyl (C=O) groups excluding carboxylic acids is 1. The minimum atomic E-state index is -0.117. The molecule has 0 atom stereocenters. The van der Waals surface area contributed by atoms with Gasteiger partial charge in [0.1, 0.15) is 12.4 Å². The van der Waals surface area contributed by atoms with Gasteiger partial charge in [-0.05, 0) is 31.9 Å². The topological polar surface area (TPSA) is 81.6 Å². The fourth-order valence-corrected chi connectivity index (χ4v) is 3.20. The van der Waals surface area contributed by atoms with E-state index >= 15 is 0 Å². The number of piperidine rings is 1. The molecule has 0 aromatic heterocycles. The molecule has 3 rings (SSSR count). The van der Waals surface area contributed by atoms with Crippen LogP contribution in [0, 0.1) is 5.92 Å². The summed E-state index contributed by atoms with van der Waals surface area (Å²) in [5.41, 5.74) is 0. The van der Waals surface area contributed by atoms with Gasteiger partial charge in [0.15, 0.2) is 17.5 Å². The Morgan fingerprint density at radius 1 is 1.29 bits per heavy atom. The van der Waals surface area contributed by atoms with Crippen LogP contribution in [0.5, 0.6) is 17.2 Å². The number of nitrogens with zero attached hydrogens (tertiary/aromatic N) is 2. The Kier molecular flexibility index (Phi) is 8.94. The van der Waals surface area contributed by atoms with Crippen molar-refractivity contribution in [1.82, 2.24) is 10.2 Å². The van der Waals surface area contributed by atoms with Gasteiger partial charge >= 0.3 is 5.97 Å². The minimum absolute atomic E-state index is 0. The van der Waals surface area contributed by atoms with Crippen LogP contribution < -0.4 is 19.5 Å². The van der Waals surface area contributed by atoms with Crippen molar-refractivity contribution in [3.8, 4) is 17.2 Å². The van der Waals surface area contributed by atoms with Crippen molar-refractivity contribution in [3.05, 3.63) is 18.2 Å². The monoisotopic (exact) mass is 505 g/mol. The van der Waals surface area contributed by atoms with Crippen LogP contribution in [-0.2, 0) is 9.53 Å². The molecular weight excluding hydrogens is 477 g/mol. The number of hydrogen-bond acceptors (Lipinski definition) is 6. The van der Waals surface area contributed by atoms with Crippen LogP contribution in [0.2, 0.25) is 0 Å². The van der Waals surface area contributed by atoms with E-state index in [2.05, 4.69) is 15.2 Å². The van der Waals surface area contributed by atoms with Crippen molar-refractivity contribution < 1.29 is 23.7 Å². The molecule has 8 nitrogen and oxygen atoms in total. The second kappa shape index (κ2) is 11.2. The molecule has 0 unspecified atom stereocenters. The molecule has 0 aliphatic carbocycles. The molecule has 1 aromatic carbocycles. The fraction of sp³-hybridized carbons (Fsp3) is 0.579. The lowest BCUT2D eigenvalue weighted by Crippen LogP contribution is -2.46. The lowest BCUT2D eigenvalue weighted by atomic mass is 9.97. The van der Waals surface area contributed by atoms with Crippen LogP contribution in [0.1, 0.15) is 19.8 Å². The molecule has 2 aliphatic heterocycles. The third-order valence-corrected chi connectivity index (χ3v) is 4.63. The van der Waals surface area contributed by atoms with Gasteiger partial charge in [-0.15, -0.1) is 24.0 Å². The van der Waals surface area contributed by atoms with Crippen LogP contribution in [-0.4, -0.2) is 63.5 Å². The number of methoxy groups -OCH3 is 1. The van der Waals surface area contributed by atoms with Crippen LogP contribution in [0.25, 0.3) is 0 Å². The summed E-state index contributed by atoms with van der Waals surface area (Å²) in [5.74, 6) is 2.91. The first-order chi connectivity index (χ1) is 13.2. The van der Waals surface area contributed by atoms with Gasteiger partial charge in [0.25, 0.3) is 0 Å². The Morgan fingerprint density at radius 3 is 2.75 bits per heavy atom. The zero-order chi connectivity index (χ0) is 19.1. The highest BCUT2D eigenvalue weighted by molar-refractivity contribution is 14.0. The van der Waals surface area contributed by atoms with E-state index in [0.717, 1.165) is 49.9 Å². The maximum Gasteiger partial charge on any atom is 0.308 e. The van der Waals surface area contributed by atoms with E-state index in [4.69, 9.17) is 18.9 Å². The molecule has 9 heteroatoms. The van der Waals surface area contributed by atoms with E-state index in [0.29, 0.717) is 18.9 Å². The Morgan fingerprint density at radius 2 is 2.04 bits per heavy atom. The molecule has 0 spiro atoms. The van der Waals surface area contributed by atoms with E-state index in [1.165, 1.54) is 7.11 Å². The predicted molar refractivity (Wildman–Crippen MR) is 116 cm³/mol. The summed E-state index contributed by atoms with van der Waals surface area (Å²) in [6.07, 6.45) is 1.57. The summed E-state index contributed by atoms with van der Waals surface area (Å²) in [5, 5.41) is 3.31. The van der Waals surface area contributed by atoms with Gasteiger partial charge in [-0.1, -0.05) is 0 Å². The van der Waals surface area contributed by atoms with Crippen molar-refractivity contribution in [2.45, 2.75) is 19.8 Å². The average Bonchev–Trinajstić information content (AvgIpc) is 3.17. The van der Waals surface area contributed by atoms with Gasteiger partial charge in [0.05, 0.1) is 19.6 Å². The van der Waals surface area contributed by atoms with Gasteiger partial charge < -0.3 is 29.2 Å². The molecule has 2 aliphatic rings. The molecule has 156 valence electrons. The highest BCUT2D eigenvalue weighted by atomic mass is 127. The number of hydrogen-bond donors (Lipinski definition) is 1. The Labute approximate surface area is 182 Å². The number of ether oxygens (including phenoxy) is 4. The summed E-state index contributed by atoms with van der Waals surface area (Å²) in [4.78, 5) is 18.5. The first-order valence-corrected chi connectivity index (χ1v) is 9.34. The van der Waals surface area contributed by atoms with E-state index in [1.54, 1.807) is 0 Å². The normalized spacial score (nSPS) is 16.4. The number of fused-ring (bicyclic) bond motifs is 1. The standard InChI is InChI=1S/C19H27N3O5.HI/c1-3-20-19(22-9-6-14(7-10-22)18(23)24-2)21-8-11-25-15-4-5-16-17(12-15)27-13-26-16;/h4-5,12,14H,3,6-11,13H2,1-2H3,(H,20,21);1H. The van der Waals surface area contributed by atoms with E-state index in [1.807, 2.05) is 25.1 Å². The summed E-state index contributed by atoms with van der Waals surface area (Å²) < 4.78 is 21.2. The number of carbonyl (C=O) groups is 1. The number of nitrogens with one attached hydrogen (secondary N) is 1. The smallest absolute Gasteiger partial charge is 0.308 e. The van der Waals surface area contributed by atoms with Crippen LogP contribution in [0.15, 0.2) is 23.2 Å². The lowest BCUT2D eigenvalue weighted by Gasteiger charge is -2.33. The predicted octanol–water partition coefficient (Wildman–Crippen LogP) is 2.26. The Balaban J connectivity index is 0.00000280. The van der Waals surface area contributed by atoms with Crippen LogP contribution >= 0.6 is 24.0 Å². The second-order valence-corrected chi connectivity index (χ2v) is 6.38. The maximum absolute atomic E-state index is 11.7. The Hall–Kier alpha value is -1.91. The quantitative estimate of drug-likeness (QED) is 0.209. The summed E-state index contributed by atoms with van der Waals surface area (Å²) >= 11 is 0. The van der Waals surface area contributed by atoms with Crippen molar-refractivity contribution in [2.24, 2.45) is 10.9 Å². The van der Waals surface area contributed by atoms with Crippen LogP contribution in [0.3, 0.4) is 0 Å². The highest BCUT2D eigenvalue weighted by Gasteiger charge is 2.26. The third-order valence-electron chi connectivity index (χ3n) is 4.63. The summed E-state index contributed by atoms with van der Waals surface area (Å²) in [6.45, 7) is 5.66.